The summed E-state index contributed by atoms with van der Waals surface area (Å²) < 4.78 is 6.10. The summed E-state index contributed by atoms with van der Waals surface area (Å²) >= 11 is 0. The molecule has 0 bridgehead atoms. The van der Waals surface area contributed by atoms with Crippen molar-refractivity contribution in [1.29, 1.82) is 0 Å². The highest BCUT2D eigenvalue weighted by Crippen LogP contribution is 2.17. The number of carbonyl (C=O) groups is 4. The smallest absolute Gasteiger partial charge is 0.308 e. The number of hydrogen-bond acceptors (Lipinski definition) is 6. The Balaban J connectivity index is 1.86. The highest BCUT2D eigenvalue weighted by Gasteiger charge is 2.37. The van der Waals surface area contributed by atoms with Gasteiger partial charge in [0.2, 0.25) is 5.91 Å². The fourth-order valence-electron chi connectivity index (χ4n) is 2.95. The van der Waals surface area contributed by atoms with Crippen LogP contribution >= 0.6 is 0 Å². The topological polar surface area (TPSA) is 114 Å². The molecule has 3 rings (SSSR count). The summed E-state index contributed by atoms with van der Waals surface area (Å²) in [5.74, 6) is -1.69. The number of nitrogens with zero attached hydrogens (tertiary/aromatic N) is 4. The van der Waals surface area contributed by atoms with Crippen LogP contribution in [-0.2, 0) is 20.9 Å². The first-order chi connectivity index (χ1) is 11.9. The van der Waals surface area contributed by atoms with Gasteiger partial charge in [0.25, 0.3) is 11.8 Å². The maximum atomic E-state index is 12.8. The molecule has 1 aromatic heterocycles. The van der Waals surface area contributed by atoms with Crippen molar-refractivity contribution >= 4 is 23.7 Å². The quantitative estimate of drug-likeness (QED) is 0.663. The lowest BCUT2D eigenvalue weighted by molar-refractivity contribution is -0.145. The van der Waals surface area contributed by atoms with Crippen molar-refractivity contribution in [3.05, 3.63) is 17.5 Å². The Morgan fingerprint density at radius 2 is 2.08 bits per heavy atom. The average molecular weight is 349 g/mol. The molecule has 0 radical (unpaired) electrons. The van der Waals surface area contributed by atoms with Gasteiger partial charge in [-0.1, -0.05) is 0 Å². The lowest BCUT2D eigenvalue weighted by Gasteiger charge is -2.33. The van der Waals surface area contributed by atoms with Crippen LogP contribution in [0.1, 0.15) is 27.4 Å². The van der Waals surface area contributed by atoms with Crippen molar-refractivity contribution < 1.29 is 23.9 Å². The number of ether oxygens (including phenoxy) is 1. The molecule has 2 aliphatic rings. The van der Waals surface area contributed by atoms with E-state index < -0.39 is 23.8 Å². The van der Waals surface area contributed by atoms with Crippen LogP contribution in [0, 0.1) is 0 Å². The van der Waals surface area contributed by atoms with Crippen LogP contribution in [-0.4, -0.2) is 83.1 Å². The van der Waals surface area contributed by atoms with Gasteiger partial charge in [0.1, 0.15) is 11.7 Å². The number of aromatic nitrogens is 2. The normalized spacial score (nSPS) is 20.2. The molecule has 3 amide bonds. The molecule has 1 aromatic rings. The van der Waals surface area contributed by atoms with Crippen LogP contribution < -0.4 is 5.32 Å². The minimum Gasteiger partial charge on any atom is -0.469 e. The highest BCUT2D eigenvalue weighted by atomic mass is 16.5. The van der Waals surface area contributed by atoms with Gasteiger partial charge in [-0.05, 0) is 0 Å². The second-order valence-corrected chi connectivity index (χ2v) is 5.95. The first kappa shape index (κ1) is 16.9. The first-order valence-electron chi connectivity index (χ1n) is 7.91. The summed E-state index contributed by atoms with van der Waals surface area (Å²) in [5, 5.41) is 6.83. The second kappa shape index (κ2) is 6.54. The predicted octanol–water partition coefficient (Wildman–Crippen LogP) is -1.53. The summed E-state index contributed by atoms with van der Waals surface area (Å²) in [6, 6.07) is 0.480. The van der Waals surface area contributed by atoms with Crippen LogP contribution in [0.3, 0.4) is 0 Å². The molecule has 3 heterocycles. The van der Waals surface area contributed by atoms with Crippen molar-refractivity contribution in [1.82, 2.24) is 24.9 Å². The van der Waals surface area contributed by atoms with Crippen molar-refractivity contribution in [2.24, 2.45) is 0 Å². The van der Waals surface area contributed by atoms with E-state index >= 15 is 0 Å². The van der Waals surface area contributed by atoms with E-state index in [1.54, 1.807) is 11.9 Å². The zero-order valence-corrected chi connectivity index (χ0v) is 14.0. The summed E-state index contributed by atoms with van der Waals surface area (Å²) in [7, 11) is 2.91. The SMILES string of the molecule is COC(=O)CC1C(=O)NCCN1C(=O)c1cc2n(n1)CCN(C)C2=O. The molecule has 1 atom stereocenters. The molecular formula is C15H19N5O5. The van der Waals surface area contributed by atoms with E-state index in [-0.39, 0.29) is 31.1 Å². The second-order valence-electron chi connectivity index (χ2n) is 5.95. The largest absolute Gasteiger partial charge is 0.469 e. The maximum absolute atomic E-state index is 12.8. The third-order valence-corrected chi connectivity index (χ3v) is 4.39. The molecule has 1 saturated heterocycles. The molecule has 0 saturated carbocycles. The van der Waals surface area contributed by atoms with Crippen LogP contribution in [0.15, 0.2) is 6.07 Å². The molecule has 2 aliphatic heterocycles. The van der Waals surface area contributed by atoms with E-state index in [2.05, 4.69) is 15.2 Å². The van der Waals surface area contributed by atoms with Crippen LogP contribution in [0.2, 0.25) is 0 Å². The minimum atomic E-state index is -0.953. The molecule has 10 nitrogen and oxygen atoms in total. The van der Waals surface area contributed by atoms with Gasteiger partial charge in [0, 0.05) is 32.7 Å². The number of piperazine rings is 1. The summed E-state index contributed by atoms with van der Waals surface area (Å²) in [5.41, 5.74) is 0.422. The highest BCUT2D eigenvalue weighted by molar-refractivity contribution is 6.00. The number of methoxy groups -OCH3 is 1. The number of carbonyl (C=O) groups excluding carboxylic acids is 4. The Bertz CT molecular complexity index is 743. The third-order valence-electron chi connectivity index (χ3n) is 4.39. The van der Waals surface area contributed by atoms with Gasteiger partial charge in [-0.15, -0.1) is 0 Å². The standard InChI is InChI=1S/C15H19N5O5/c1-18-5-6-20-11(15(18)24)7-9(17-20)14(23)19-4-3-16-13(22)10(19)8-12(21)25-2/h7,10H,3-6,8H2,1-2H3,(H,16,22). The average Bonchev–Trinajstić information content (AvgIpc) is 3.04. The molecule has 25 heavy (non-hydrogen) atoms. The van der Waals surface area contributed by atoms with Gasteiger partial charge in [-0.3, -0.25) is 23.9 Å². The maximum Gasteiger partial charge on any atom is 0.308 e. The Morgan fingerprint density at radius 3 is 2.80 bits per heavy atom. The first-order valence-corrected chi connectivity index (χ1v) is 7.91. The number of amides is 3. The fourth-order valence-corrected chi connectivity index (χ4v) is 2.95. The van der Waals surface area contributed by atoms with Gasteiger partial charge < -0.3 is 19.9 Å². The molecule has 1 unspecified atom stereocenters. The Hall–Kier alpha value is -2.91. The number of fused-ring (bicyclic) bond motifs is 1. The number of nitrogens with one attached hydrogen (secondary N) is 1. The lowest BCUT2D eigenvalue weighted by atomic mass is 10.1. The van der Waals surface area contributed by atoms with E-state index in [9.17, 15) is 19.2 Å². The van der Waals surface area contributed by atoms with Crippen LogP contribution in [0.25, 0.3) is 0 Å². The van der Waals surface area contributed by atoms with E-state index in [0.29, 0.717) is 18.8 Å². The molecule has 134 valence electrons. The van der Waals surface area contributed by atoms with Gasteiger partial charge in [0.05, 0.1) is 20.1 Å². The molecule has 0 spiro atoms. The van der Waals surface area contributed by atoms with E-state index in [1.807, 2.05) is 0 Å². The number of likely N-dealkylation sites (N-methyl/N-ethyl adjacent to an activating group) is 1. The summed E-state index contributed by atoms with van der Waals surface area (Å²) in [6.07, 6.45) is -0.233. The number of hydrogen-bond donors (Lipinski definition) is 1. The Kier molecular flexibility index (Phi) is 4.43. The van der Waals surface area contributed by atoms with Gasteiger partial charge in [0.15, 0.2) is 5.69 Å². The van der Waals surface area contributed by atoms with Crippen molar-refractivity contribution in [2.45, 2.75) is 19.0 Å². The minimum absolute atomic E-state index is 0.0863. The van der Waals surface area contributed by atoms with Crippen molar-refractivity contribution in [2.75, 3.05) is 33.8 Å². The van der Waals surface area contributed by atoms with Crippen LogP contribution in [0.5, 0.6) is 0 Å². The third kappa shape index (κ3) is 3.06. The Labute approximate surface area is 143 Å². The predicted molar refractivity (Wildman–Crippen MR) is 83.7 cm³/mol. The molecule has 0 aromatic carbocycles. The molecule has 1 fully saturated rings. The monoisotopic (exact) mass is 349 g/mol. The molecule has 10 heteroatoms. The summed E-state index contributed by atoms with van der Waals surface area (Å²) in [4.78, 5) is 51.5. The molecular weight excluding hydrogens is 330 g/mol. The summed E-state index contributed by atoms with van der Waals surface area (Å²) in [6.45, 7) is 1.55. The van der Waals surface area contributed by atoms with Crippen LogP contribution in [0.4, 0.5) is 0 Å². The lowest BCUT2D eigenvalue weighted by Crippen LogP contribution is -2.57. The number of rotatable bonds is 3. The van der Waals surface area contributed by atoms with E-state index in [0.717, 1.165) is 0 Å². The van der Waals surface area contributed by atoms with Crippen molar-refractivity contribution in [3.8, 4) is 0 Å². The zero-order chi connectivity index (χ0) is 18.1. The molecule has 0 aliphatic carbocycles. The van der Waals surface area contributed by atoms with Gasteiger partial charge in [-0.2, -0.15) is 5.10 Å². The molecule has 1 N–H and O–H groups in total. The zero-order valence-electron chi connectivity index (χ0n) is 14.0. The van der Waals surface area contributed by atoms with E-state index in [1.165, 1.54) is 22.8 Å². The fraction of sp³-hybridized carbons (Fsp3) is 0.533. The van der Waals surface area contributed by atoms with Gasteiger partial charge in [-0.25, -0.2) is 0 Å². The Morgan fingerprint density at radius 1 is 1.32 bits per heavy atom. The van der Waals surface area contributed by atoms with Gasteiger partial charge >= 0.3 is 5.97 Å². The number of esters is 1. The van der Waals surface area contributed by atoms with E-state index in [4.69, 9.17) is 0 Å². The van der Waals surface area contributed by atoms with Crippen molar-refractivity contribution in [3.63, 3.8) is 0 Å².